The fourth-order valence-electron chi connectivity index (χ4n) is 3.47. The number of hydrogen-bond acceptors (Lipinski definition) is 6. The van der Waals surface area contributed by atoms with Crippen LogP contribution >= 0.6 is 23.4 Å². The normalized spacial score (nSPS) is 11.2. The number of halogens is 1. The Morgan fingerprint density at radius 2 is 1.94 bits per heavy atom. The van der Waals surface area contributed by atoms with E-state index in [0.29, 0.717) is 29.7 Å². The molecule has 0 bridgehead atoms. The lowest BCUT2D eigenvalue weighted by atomic mass is 10.2. The summed E-state index contributed by atoms with van der Waals surface area (Å²) < 4.78 is 13.0. The van der Waals surface area contributed by atoms with Crippen LogP contribution in [-0.4, -0.2) is 41.1 Å². The van der Waals surface area contributed by atoms with Crippen LogP contribution in [0.15, 0.2) is 77.0 Å². The molecule has 0 saturated heterocycles. The highest BCUT2D eigenvalue weighted by molar-refractivity contribution is 7.99. The summed E-state index contributed by atoms with van der Waals surface area (Å²) in [5.41, 5.74) is 6.34. The second-order valence-electron chi connectivity index (χ2n) is 7.52. The first kappa shape index (κ1) is 24.6. The van der Waals surface area contributed by atoms with Crippen LogP contribution in [0.1, 0.15) is 18.1 Å². The van der Waals surface area contributed by atoms with Crippen molar-refractivity contribution in [2.24, 2.45) is 5.10 Å². The number of hydrogen-bond donors (Lipinski definition) is 1. The van der Waals surface area contributed by atoms with Gasteiger partial charge in [0.1, 0.15) is 0 Å². The second-order valence-corrected chi connectivity index (χ2v) is 8.90. The Morgan fingerprint density at radius 1 is 1.14 bits per heavy atom. The van der Waals surface area contributed by atoms with Crippen LogP contribution in [0.25, 0.3) is 11.0 Å². The number of para-hydroxylation sites is 2. The van der Waals surface area contributed by atoms with Gasteiger partial charge in [-0.25, -0.2) is 10.4 Å². The topological polar surface area (TPSA) is 77.7 Å². The fourth-order valence-corrected chi connectivity index (χ4v) is 4.40. The molecule has 9 heteroatoms. The Hall–Kier alpha value is -3.49. The third-order valence-corrected chi connectivity index (χ3v) is 6.32. The summed E-state index contributed by atoms with van der Waals surface area (Å²) in [6.07, 6.45) is 1.57. The molecule has 35 heavy (non-hydrogen) atoms. The van der Waals surface area contributed by atoms with Crippen molar-refractivity contribution in [1.82, 2.24) is 15.0 Å². The standard InChI is InChI=1S/C26H25ClN4O3S/c1-3-34-23-13-10-19(14-24(23)33-2)15-28-30-25(32)17-35-26-29-21-6-4-5-7-22(21)31(26)16-18-8-11-20(27)12-9-18/h4-15H,3,16-17H2,1-2H3,(H,30,32)/b28-15-. The number of nitrogens with zero attached hydrogens (tertiary/aromatic N) is 3. The maximum absolute atomic E-state index is 12.4. The van der Waals surface area contributed by atoms with E-state index < -0.39 is 0 Å². The molecule has 1 amide bonds. The first-order valence-electron chi connectivity index (χ1n) is 11.0. The van der Waals surface area contributed by atoms with Crippen molar-refractivity contribution >= 4 is 46.5 Å². The Kier molecular flexibility index (Phi) is 8.28. The molecule has 0 atom stereocenters. The summed E-state index contributed by atoms with van der Waals surface area (Å²) in [6, 6.07) is 21.1. The van der Waals surface area contributed by atoms with Crippen molar-refractivity contribution in [3.8, 4) is 11.5 Å². The Morgan fingerprint density at radius 3 is 2.71 bits per heavy atom. The van der Waals surface area contributed by atoms with Crippen LogP contribution in [0, 0.1) is 0 Å². The van der Waals surface area contributed by atoms with Crippen LogP contribution in [0.3, 0.4) is 0 Å². The molecule has 4 rings (SSSR count). The smallest absolute Gasteiger partial charge is 0.250 e. The molecule has 0 spiro atoms. The van der Waals surface area contributed by atoms with E-state index in [2.05, 4.69) is 15.1 Å². The molecule has 3 aromatic carbocycles. The van der Waals surface area contributed by atoms with Crippen molar-refractivity contribution in [2.45, 2.75) is 18.6 Å². The molecule has 1 aromatic heterocycles. The first-order valence-corrected chi connectivity index (χ1v) is 12.4. The molecular formula is C26H25ClN4O3S. The molecule has 1 heterocycles. The Balaban J connectivity index is 1.41. The van der Waals surface area contributed by atoms with Crippen LogP contribution in [-0.2, 0) is 11.3 Å². The van der Waals surface area contributed by atoms with Crippen LogP contribution < -0.4 is 14.9 Å². The van der Waals surface area contributed by atoms with Crippen LogP contribution in [0.4, 0.5) is 0 Å². The quantitative estimate of drug-likeness (QED) is 0.176. The molecule has 7 nitrogen and oxygen atoms in total. The van der Waals surface area contributed by atoms with Crippen molar-refractivity contribution in [3.05, 3.63) is 82.9 Å². The first-order chi connectivity index (χ1) is 17.1. The van der Waals surface area contributed by atoms with Crippen molar-refractivity contribution in [2.75, 3.05) is 19.5 Å². The van der Waals surface area contributed by atoms with Gasteiger partial charge < -0.3 is 14.0 Å². The minimum atomic E-state index is -0.228. The average Bonchev–Trinajstić information content (AvgIpc) is 3.22. The Labute approximate surface area is 213 Å². The summed E-state index contributed by atoms with van der Waals surface area (Å²) in [5.74, 6) is 1.22. The predicted molar refractivity (Wildman–Crippen MR) is 141 cm³/mol. The number of thioether (sulfide) groups is 1. The molecule has 0 aliphatic rings. The summed E-state index contributed by atoms with van der Waals surface area (Å²) in [4.78, 5) is 17.2. The minimum absolute atomic E-state index is 0.174. The fraction of sp³-hybridized carbons (Fsp3) is 0.192. The number of carbonyl (C=O) groups excluding carboxylic acids is 1. The highest BCUT2D eigenvalue weighted by atomic mass is 35.5. The summed E-state index contributed by atoms with van der Waals surface area (Å²) in [7, 11) is 1.58. The van der Waals surface area contributed by atoms with Gasteiger partial charge in [0.15, 0.2) is 16.7 Å². The number of methoxy groups -OCH3 is 1. The maximum atomic E-state index is 12.4. The maximum Gasteiger partial charge on any atom is 0.250 e. The van der Waals surface area contributed by atoms with Gasteiger partial charge in [-0.05, 0) is 60.5 Å². The van der Waals surface area contributed by atoms with E-state index in [4.69, 9.17) is 26.1 Å². The summed E-state index contributed by atoms with van der Waals surface area (Å²) in [5, 5.41) is 5.53. The molecule has 1 N–H and O–H groups in total. The van der Waals surface area contributed by atoms with E-state index in [1.54, 1.807) is 19.4 Å². The van der Waals surface area contributed by atoms with E-state index in [-0.39, 0.29) is 11.7 Å². The molecule has 180 valence electrons. The van der Waals surface area contributed by atoms with E-state index in [1.165, 1.54) is 11.8 Å². The van der Waals surface area contributed by atoms with Crippen LogP contribution in [0.5, 0.6) is 11.5 Å². The lowest BCUT2D eigenvalue weighted by Crippen LogP contribution is -2.20. The average molecular weight is 509 g/mol. The van der Waals surface area contributed by atoms with Gasteiger partial charge in [-0.2, -0.15) is 5.10 Å². The van der Waals surface area contributed by atoms with Gasteiger partial charge in [0.2, 0.25) is 0 Å². The molecule has 0 aliphatic carbocycles. The van der Waals surface area contributed by atoms with Gasteiger partial charge in [0.25, 0.3) is 5.91 Å². The molecule has 0 saturated carbocycles. The van der Waals surface area contributed by atoms with E-state index >= 15 is 0 Å². The van der Waals surface area contributed by atoms with E-state index in [1.807, 2.05) is 67.6 Å². The molecule has 0 unspecified atom stereocenters. The second kappa shape index (κ2) is 11.8. The van der Waals surface area contributed by atoms with Gasteiger partial charge in [-0.15, -0.1) is 0 Å². The largest absolute Gasteiger partial charge is 0.493 e. The van der Waals surface area contributed by atoms with Gasteiger partial charge in [-0.1, -0.05) is 47.6 Å². The molecular weight excluding hydrogens is 484 g/mol. The SMILES string of the molecule is CCOc1ccc(/C=N\NC(=O)CSc2nc3ccccc3n2Cc2ccc(Cl)cc2)cc1OC. The number of aromatic nitrogens is 2. The predicted octanol–water partition coefficient (Wildman–Crippen LogP) is 5.39. The van der Waals surface area contributed by atoms with Gasteiger partial charge in [0, 0.05) is 5.02 Å². The zero-order valence-corrected chi connectivity index (χ0v) is 21.0. The van der Waals surface area contributed by atoms with E-state index in [0.717, 1.165) is 27.3 Å². The van der Waals surface area contributed by atoms with Crippen molar-refractivity contribution in [3.63, 3.8) is 0 Å². The third kappa shape index (κ3) is 6.35. The van der Waals surface area contributed by atoms with Gasteiger partial charge >= 0.3 is 0 Å². The molecule has 0 aliphatic heterocycles. The highest BCUT2D eigenvalue weighted by Crippen LogP contribution is 2.28. The number of amides is 1. The summed E-state index contributed by atoms with van der Waals surface area (Å²) >= 11 is 7.40. The number of rotatable bonds is 10. The zero-order chi connectivity index (χ0) is 24.6. The monoisotopic (exact) mass is 508 g/mol. The molecule has 0 radical (unpaired) electrons. The number of benzene rings is 3. The molecule has 0 fully saturated rings. The van der Waals surface area contributed by atoms with Crippen LogP contribution in [0.2, 0.25) is 5.02 Å². The van der Waals surface area contributed by atoms with Gasteiger partial charge in [-0.3, -0.25) is 4.79 Å². The number of imidazole rings is 1. The lowest BCUT2D eigenvalue weighted by molar-refractivity contribution is -0.118. The van der Waals surface area contributed by atoms with Crippen molar-refractivity contribution < 1.29 is 14.3 Å². The number of fused-ring (bicyclic) bond motifs is 1. The number of hydrazone groups is 1. The zero-order valence-electron chi connectivity index (χ0n) is 19.4. The third-order valence-electron chi connectivity index (χ3n) is 5.10. The number of ether oxygens (including phenoxy) is 2. The summed E-state index contributed by atoms with van der Waals surface area (Å²) in [6.45, 7) is 3.08. The molecule has 4 aromatic rings. The van der Waals surface area contributed by atoms with Crippen molar-refractivity contribution in [1.29, 1.82) is 0 Å². The highest BCUT2D eigenvalue weighted by Gasteiger charge is 2.13. The lowest BCUT2D eigenvalue weighted by Gasteiger charge is -2.09. The minimum Gasteiger partial charge on any atom is -0.493 e. The van der Waals surface area contributed by atoms with Gasteiger partial charge in [0.05, 0.1) is 43.3 Å². The van der Waals surface area contributed by atoms with E-state index in [9.17, 15) is 4.79 Å². The number of carbonyl (C=O) groups is 1. The number of nitrogens with one attached hydrogen (secondary N) is 1. The Bertz CT molecular complexity index is 1340.